The van der Waals surface area contributed by atoms with Crippen LogP contribution in [0.3, 0.4) is 0 Å². The Kier molecular flexibility index (Phi) is 4.26. The Hall–Kier alpha value is -1.76. The number of nitriles is 1. The standard InChI is InChI=1S/C14H9Cl2FN2/c15-12-5-11(17)6-13(16)14(12)19-8-10-4-2-1-3-9(10)7-18/h1-6,19H,8H2. The minimum atomic E-state index is -0.488. The molecule has 0 aliphatic heterocycles. The van der Waals surface area contributed by atoms with Crippen LogP contribution in [0.25, 0.3) is 0 Å². The van der Waals surface area contributed by atoms with Crippen molar-refractivity contribution in [1.29, 1.82) is 5.26 Å². The van der Waals surface area contributed by atoms with Crippen molar-refractivity contribution >= 4 is 28.9 Å². The van der Waals surface area contributed by atoms with Crippen molar-refractivity contribution in [3.05, 3.63) is 63.4 Å². The molecule has 96 valence electrons. The first-order valence-electron chi connectivity index (χ1n) is 5.48. The second-order valence-electron chi connectivity index (χ2n) is 3.87. The van der Waals surface area contributed by atoms with Crippen molar-refractivity contribution in [1.82, 2.24) is 0 Å². The summed E-state index contributed by atoms with van der Waals surface area (Å²) in [4.78, 5) is 0. The van der Waals surface area contributed by atoms with Gasteiger partial charge in [0.05, 0.1) is 27.4 Å². The fourth-order valence-corrected chi connectivity index (χ4v) is 2.27. The summed E-state index contributed by atoms with van der Waals surface area (Å²) in [6, 6.07) is 11.7. The summed E-state index contributed by atoms with van der Waals surface area (Å²) in [7, 11) is 0. The summed E-state index contributed by atoms with van der Waals surface area (Å²) in [6.45, 7) is 0.384. The normalized spacial score (nSPS) is 10.0. The summed E-state index contributed by atoms with van der Waals surface area (Å²) in [5.74, 6) is -0.488. The van der Waals surface area contributed by atoms with Gasteiger partial charge in [0, 0.05) is 6.54 Å². The first kappa shape index (κ1) is 13.7. The Labute approximate surface area is 120 Å². The number of benzene rings is 2. The molecule has 2 rings (SSSR count). The molecule has 0 radical (unpaired) electrons. The van der Waals surface area contributed by atoms with Crippen molar-refractivity contribution in [3.63, 3.8) is 0 Å². The van der Waals surface area contributed by atoms with E-state index in [4.69, 9.17) is 28.5 Å². The van der Waals surface area contributed by atoms with Crippen LogP contribution >= 0.6 is 23.2 Å². The molecule has 0 bridgehead atoms. The monoisotopic (exact) mass is 294 g/mol. The number of nitrogens with one attached hydrogen (secondary N) is 1. The van der Waals surface area contributed by atoms with Gasteiger partial charge in [0.15, 0.2) is 0 Å². The quantitative estimate of drug-likeness (QED) is 0.897. The molecule has 2 aromatic rings. The van der Waals surface area contributed by atoms with Crippen LogP contribution in [0.1, 0.15) is 11.1 Å². The lowest BCUT2D eigenvalue weighted by Crippen LogP contribution is -2.03. The summed E-state index contributed by atoms with van der Waals surface area (Å²) < 4.78 is 13.1. The molecule has 2 aromatic carbocycles. The summed E-state index contributed by atoms with van der Waals surface area (Å²) >= 11 is 11.8. The van der Waals surface area contributed by atoms with Crippen LogP contribution in [0.2, 0.25) is 10.0 Å². The predicted octanol–water partition coefficient (Wildman–Crippen LogP) is 4.62. The van der Waals surface area contributed by atoms with E-state index in [1.807, 2.05) is 12.1 Å². The van der Waals surface area contributed by atoms with Gasteiger partial charge in [0.2, 0.25) is 0 Å². The van der Waals surface area contributed by atoms with Gasteiger partial charge >= 0.3 is 0 Å². The molecule has 1 N–H and O–H groups in total. The Morgan fingerprint density at radius 2 is 1.79 bits per heavy atom. The molecule has 2 nitrogen and oxygen atoms in total. The van der Waals surface area contributed by atoms with Gasteiger partial charge in [-0.1, -0.05) is 41.4 Å². The first-order valence-corrected chi connectivity index (χ1v) is 6.24. The van der Waals surface area contributed by atoms with Crippen LogP contribution in [0.15, 0.2) is 36.4 Å². The van der Waals surface area contributed by atoms with Gasteiger partial charge in [0.1, 0.15) is 5.82 Å². The highest BCUT2D eigenvalue weighted by atomic mass is 35.5. The van der Waals surface area contributed by atoms with Crippen LogP contribution in [-0.4, -0.2) is 0 Å². The van der Waals surface area contributed by atoms with Gasteiger partial charge in [-0.25, -0.2) is 4.39 Å². The maximum atomic E-state index is 13.1. The molecular weight excluding hydrogens is 286 g/mol. The third-order valence-electron chi connectivity index (χ3n) is 2.60. The van der Waals surface area contributed by atoms with E-state index in [0.717, 1.165) is 5.56 Å². The van der Waals surface area contributed by atoms with Crippen molar-refractivity contribution in [2.24, 2.45) is 0 Å². The average Bonchev–Trinajstić information content (AvgIpc) is 2.38. The molecule has 0 unspecified atom stereocenters. The second-order valence-corrected chi connectivity index (χ2v) is 4.68. The van der Waals surface area contributed by atoms with Crippen molar-refractivity contribution < 1.29 is 4.39 Å². The molecule has 0 atom stereocenters. The number of halogens is 3. The number of hydrogen-bond donors (Lipinski definition) is 1. The molecule has 0 saturated carbocycles. The Bertz CT molecular complexity index is 627. The van der Waals surface area contributed by atoms with E-state index in [2.05, 4.69) is 11.4 Å². The van der Waals surface area contributed by atoms with Crippen molar-refractivity contribution in [3.8, 4) is 6.07 Å². The highest BCUT2D eigenvalue weighted by Crippen LogP contribution is 2.31. The number of rotatable bonds is 3. The topological polar surface area (TPSA) is 35.8 Å². The van der Waals surface area contributed by atoms with E-state index in [9.17, 15) is 4.39 Å². The molecule has 5 heteroatoms. The van der Waals surface area contributed by atoms with Crippen LogP contribution in [0, 0.1) is 17.1 Å². The van der Waals surface area contributed by atoms with Crippen LogP contribution in [0.5, 0.6) is 0 Å². The van der Waals surface area contributed by atoms with Gasteiger partial charge in [-0.2, -0.15) is 5.26 Å². The van der Waals surface area contributed by atoms with E-state index in [0.29, 0.717) is 17.8 Å². The molecule has 19 heavy (non-hydrogen) atoms. The summed E-state index contributed by atoms with van der Waals surface area (Å²) in [5, 5.41) is 12.4. The molecule has 0 aromatic heterocycles. The molecule has 0 aliphatic rings. The number of hydrogen-bond acceptors (Lipinski definition) is 2. The fourth-order valence-electron chi connectivity index (χ4n) is 1.68. The Morgan fingerprint density at radius 1 is 1.16 bits per heavy atom. The largest absolute Gasteiger partial charge is 0.379 e. The van der Waals surface area contributed by atoms with E-state index in [1.54, 1.807) is 12.1 Å². The van der Waals surface area contributed by atoms with E-state index in [-0.39, 0.29) is 10.0 Å². The van der Waals surface area contributed by atoms with Gasteiger partial charge in [0.25, 0.3) is 0 Å². The number of nitrogens with zero attached hydrogens (tertiary/aromatic N) is 1. The fraction of sp³-hybridized carbons (Fsp3) is 0.0714. The third kappa shape index (κ3) is 3.17. The highest BCUT2D eigenvalue weighted by Gasteiger charge is 2.09. The van der Waals surface area contributed by atoms with Gasteiger partial charge in [-0.05, 0) is 23.8 Å². The molecule has 0 spiro atoms. The molecule has 0 saturated heterocycles. The molecule has 0 heterocycles. The van der Waals surface area contributed by atoms with Gasteiger partial charge < -0.3 is 5.32 Å². The zero-order chi connectivity index (χ0) is 13.8. The minimum absolute atomic E-state index is 0.208. The van der Waals surface area contributed by atoms with E-state index < -0.39 is 5.82 Å². The minimum Gasteiger partial charge on any atom is -0.379 e. The SMILES string of the molecule is N#Cc1ccccc1CNc1c(Cl)cc(F)cc1Cl. The van der Waals surface area contributed by atoms with Crippen molar-refractivity contribution in [2.45, 2.75) is 6.54 Å². The Morgan fingerprint density at radius 3 is 2.42 bits per heavy atom. The summed E-state index contributed by atoms with van der Waals surface area (Å²) in [5.41, 5.74) is 1.85. The lowest BCUT2D eigenvalue weighted by molar-refractivity contribution is 0.628. The molecule has 0 fully saturated rings. The highest BCUT2D eigenvalue weighted by molar-refractivity contribution is 6.39. The third-order valence-corrected chi connectivity index (χ3v) is 3.20. The molecular formula is C14H9Cl2FN2. The zero-order valence-electron chi connectivity index (χ0n) is 9.75. The average molecular weight is 295 g/mol. The van der Waals surface area contributed by atoms with E-state index >= 15 is 0 Å². The lowest BCUT2D eigenvalue weighted by atomic mass is 10.1. The van der Waals surface area contributed by atoms with Gasteiger partial charge in [-0.3, -0.25) is 0 Å². The van der Waals surface area contributed by atoms with Gasteiger partial charge in [-0.15, -0.1) is 0 Å². The Balaban J connectivity index is 2.22. The maximum absolute atomic E-state index is 13.1. The van der Waals surface area contributed by atoms with E-state index in [1.165, 1.54) is 12.1 Å². The van der Waals surface area contributed by atoms with Crippen LogP contribution in [-0.2, 0) is 6.54 Å². The lowest BCUT2D eigenvalue weighted by Gasteiger charge is -2.11. The smallest absolute Gasteiger partial charge is 0.126 e. The first-order chi connectivity index (χ1) is 9.11. The molecule has 0 aliphatic carbocycles. The zero-order valence-corrected chi connectivity index (χ0v) is 11.3. The van der Waals surface area contributed by atoms with Crippen LogP contribution in [0.4, 0.5) is 10.1 Å². The summed E-state index contributed by atoms with van der Waals surface area (Å²) in [6.07, 6.45) is 0. The number of anilines is 1. The van der Waals surface area contributed by atoms with Crippen molar-refractivity contribution in [2.75, 3.05) is 5.32 Å². The predicted molar refractivity (Wildman–Crippen MR) is 74.9 cm³/mol. The van der Waals surface area contributed by atoms with Crippen LogP contribution < -0.4 is 5.32 Å². The second kappa shape index (κ2) is 5.92. The maximum Gasteiger partial charge on any atom is 0.126 e. The molecule has 0 amide bonds.